The average molecular weight is 454 g/mol. The highest BCUT2D eigenvalue weighted by Crippen LogP contribution is 2.37. The molecule has 1 aromatic heterocycles. The first kappa shape index (κ1) is 23.3. The van der Waals surface area contributed by atoms with E-state index in [0.717, 1.165) is 56.4 Å². The molecule has 1 atom stereocenters. The van der Waals surface area contributed by atoms with Crippen molar-refractivity contribution in [2.75, 3.05) is 26.2 Å². The molecule has 33 heavy (non-hydrogen) atoms. The van der Waals surface area contributed by atoms with Gasteiger partial charge in [-0.1, -0.05) is 43.6 Å². The van der Waals surface area contributed by atoms with E-state index in [1.807, 2.05) is 18.2 Å². The SMILES string of the molecule is CC(C)Cc1cc(C(=O)N2CCCC3(CCCCc4ccccc4OCCNC3=O)C2)on1. The summed E-state index contributed by atoms with van der Waals surface area (Å²) in [6.45, 7) is 6.13. The van der Waals surface area contributed by atoms with Gasteiger partial charge >= 0.3 is 0 Å². The number of piperidine rings is 1. The van der Waals surface area contributed by atoms with Gasteiger partial charge in [0.15, 0.2) is 0 Å². The maximum absolute atomic E-state index is 13.3. The van der Waals surface area contributed by atoms with Gasteiger partial charge < -0.3 is 19.5 Å². The van der Waals surface area contributed by atoms with Crippen LogP contribution in [-0.4, -0.2) is 48.1 Å². The number of ether oxygens (including phenoxy) is 1. The molecule has 1 spiro atoms. The first-order valence-electron chi connectivity index (χ1n) is 12.2. The Labute approximate surface area is 195 Å². The Morgan fingerprint density at radius 1 is 1.21 bits per heavy atom. The standard InChI is InChI=1S/C26H35N3O4/c1-19(2)16-21-17-23(33-28-21)24(30)29-14-7-12-26(18-29)11-6-5-9-20-8-3-4-10-22(20)32-15-13-27-25(26)31/h3-4,8,10,17,19H,5-7,9,11-16,18H2,1-2H3,(H,27,31). The Balaban J connectivity index is 1.47. The molecule has 7 nitrogen and oxygen atoms in total. The van der Waals surface area contributed by atoms with Gasteiger partial charge in [0.05, 0.1) is 17.7 Å². The van der Waals surface area contributed by atoms with Crippen molar-refractivity contribution in [1.29, 1.82) is 0 Å². The summed E-state index contributed by atoms with van der Waals surface area (Å²) in [7, 11) is 0. The monoisotopic (exact) mass is 453 g/mol. The van der Waals surface area contributed by atoms with E-state index < -0.39 is 5.41 Å². The number of hydrogen-bond donors (Lipinski definition) is 1. The van der Waals surface area contributed by atoms with Crippen LogP contribution < -0.4 is 10.1 Å². The van der Waals surface area contributed by atoms with Gasteiger partial charge in [-0.2, -0.15) is 0 Å². The maximum Gasteiger partial charge on any atom is 0.292 e. The molecule has 178 valence electrons. The zero-order chi connectivity index (χ0) is 23.3. The second-order valence-electron chi connectivity index (χ2n) is 9.81. The average Bonchev–Trinajstić information content (AvgIpc) is 3.27. The van der Waals surface area contributed by atoms with Crippen LogP contribution in [0.5, 0.6) is 5.75 Å². The molecule has 0 saturated carbocycles. The number of hydrogen-bond acceptors (Lipinski definition) is 5. The first-order valence-corrected chi connectivity index (χ1v) is 12.2. The Kier molecular flexibility index (Phi) is 7.36. The molecule has 0 radical (unpaired) electrons. The number of likely N-dealkylation sites (tertiary alicyclic amines) is 1. The van der Waals surface area contributed by atoms with Gasteiger partial charge in [0, 0.05) is 19.2 Å². The lowest BCUT2D eigenvalue weighted by atomic mass is 9.74. The summed E-state index contributed by atoms with van der Waals surface area (Å²) in [5.41, 5.74) is 1.43. The molecule has 4 rings (SSSR count). The third kappa shape index (κ3) is 5.57. The molecule has 1 aromatic carbocycles. The number of aromatic nitrogens is 1. The van der Waals surface area contributed by atoms with Crippen molar-refractivity contribution in [3.63, 3.8) is 0 Å². The number of nitrogens with one attached hydrogen (secondary N) is 1. The van der Waals surface area contributed by atoms with E-state index >= 15 is 0 Å². The summed E-state index contributed by atoms with van der Waals surface area (Å²) in [4.78, 5) is 28.3. The normalized spacial score (nSPS) is 22.2. The van der Waals surface area contributed by atoms with Crippen molar-refractivity contribution in [2.45, 2.75) is 58.8 Å². The fraction of sp³-hybridized carbons (Fsp3) is 0.577. The van der Waals surface area contributed by atoms with Crippen LogP contribution in [-0.2, 0) is 17.6 Å². The van der Waals surface area contributed by atoms with Crippen LogP contribution in [0.3, 0.4) is 0 Å². The highest BCUT2D eigenvalue weighted by Gasteiger charge is 2.43. The van der Waals surface area contributed by atoms with Crippen molar-refractivity contribution in [3.8, 4) is 5.75 Å². The van der Waals surface area contributed by atoms with Crippen LogP contribution in [0.15, 0.2) is 34.9 Å². The van der Waals surface area contributed by atoms with Crippen LogP contribution in [0.4, 0.5) is 0 Å². The Bertz CT molecular complexity index is 970. The number of fused-ring (bicyclic) bond motifs is 1. The zero-order valence-electron chi connectivity index (χ0n) is 19.8. The van der Waals surface area contributed by atoms with Crippen molar-refractivity contribution in [2.24, 2.45) is 11.3 Å². The summed E-state index contributed by atoms with van der Waals surface area (Å²) in [5.74, 6) is 1.46. The molecule has 2 amide bonds. The molecular formula is C26H35N3O4. The minimum atomic E-state index is -0.576. The fourth-order valence-corrected chi connectivity index (χ4v) is 5.03. The van der Waals surface area contributed by atoms with Gasteiger partial charge in [-0.15, -0.1) is 0 Å². The molecule has 1 saturated heterocycles. The predicted molar refractivity (Wildman–Crippen MR) is 125 cm³/mol. The van der Waals surface area contributed by atoms with E-state index in [2.05, 4.69) is 30.4 Å². The molecule has 0 aliphatic carbocycles. The van der Waals surface area contributed by atoms with E-state index in [9.17, 15) is 9.59 Å². The van der Waals surface area contributed by atoms with E-state index in [1.54, 1.807) is 11.0 Å². The van der Waals surface area contributed by atoms with Gasteiger partial charge in [0.25, 0.3) is 5.91 Å². The van der Waals surface area contributed by atoms with Gasteiger partial charge in [0.2, 0.25) is 11.7 Å². The predicted octanol–water partition coefficient (Wildman–Crippen LogP) is 4.02. The third-order valence-electron chi connectivity index (χ3n) is 6.70. The summed E-state index contributed by atoms with van der Waals surface area (Å²) >= 11 is 0. The second-order valence-corrected chi connectivity index (χ2v) is 9.81. The van der Waals surface area contributed by atoms with Crippen molar-refractivity contribution < 1.29 is 18.8 Å². The van der Waals surface area contributed by atoms with Crippen LogP contribution >= 0.6 is 0 Å². The van der Waals surface area contributed by atoms with Crippen LogP contribution in [0, 0.1) is 11.3 Å². The highest BCUT2D eigenvalue weighted by molar-refractivity contribution is 5.92. The Morgan fingerprint density at radius 2 is 2.03 bits per heavy atom. The minimum absolute atomic E-state index is 0.0236. The molecule has 1 fully saturated rings. The van der Waals surface area contributed by atoms with Crippen LogP contribution in [0.25, 0.3) is 0 Å². The molecule has 7 heteroatoms. The zero-order valence-corrected chi connectivity index (χ0v) is 19.8. The number of benzene rings is 1. The summed E-state index contributed by atoms with van der Waals surface area (Å²) in [6, 6.07) is 9.87. The molecule has 2 aromatic rings. The number of carbonyl (C=O) groups excluding carboxylic acids is 2. The number of nitrogens with zero attached hydrogens (tertiary/aromatic N) is 2. The lowest BCUT2D eigenvalue weighted by Gasteiger charge is -2.41. The van der Waals surface area contributed by atoms with Crippen LogP contribution in [0.2, 0.25) is 0 Å². The summed E-state index contributed by atoms with van der Waals surface area (Å²) in [6.07, 6.45) is 5.94. The number of rotatable bonds is 3. The van der Waals surface area contributed by atoms with Gasteiger partial charge in [-0.05, 0) is 56.1 Å². The minimum Gasteiger partial charge on any atom is -0.491 e. The van der Waals surface area contributed by atoms with Gasteiger partial charge in [-0.25, -0.2) is 0 Å². The molecular weight excluding hydrogens is 418 g/mol. The fourth-order valence-electron chi connectivity index (χ4n) is 5.03. The van der Waals surface area contributed by atoms with Crippen molar-refractivity contribution in [3.05, 3.63) is 47.3 Å². The number of amides is 2. The third-order valence-corrected chi connectivity index (χ3v) is 6.70. The Morgan fingerprint density at radius 3 is 2.88 bits per heavy atom. The lowest BCUT2D eigenvalue weighted by Crippen LogP contribution is -2.54. The number of para-hydroxylation sites is 1. The van der Waals surface area contributed by atoms with E-state index in [0.29, 0.717) is 32.2 Å². The number of aryl methyl sites for hydroxylation is 1. The lowest BCUT2D eigenvalue weighted by molar-refractivity contribution is -0.134. The number of carbonyl (C=O) groups is 2. The molecule has 2 aliphatic rings. The maximum atomic E-state index is 13.3. The van der Waals surface area contributed by atoms with Gasteiger partial charge in [-0.3, -0.25) is 9.59 Å². The van der Waals surface area contributed by atoms with Crippen molar-refractivity contribution >= 4 is 11.8 Å². The first-order chi connectivity index (χ1) is 16.0. The summed E-state index contributed by atoms with van der Waals surface area (Å²) in [5, 5.41) is 7.14. The van der Waals surface area contributed by atoms with E-state index in [-0.39, 0.29) is 17.6 Å². The van der Waals surface area contributed by atoms with E-state index in [1.165, 1.54) is 5.56 Å². The molecule has 3 heterocycles. The molecule has 1 unspecified atom stereocenters. The molecule has 0 bridgehead atoms. The van der Waals surface area contributed by atoms with Crippen molar-refractivity contribution in [1.82, 2.24) is 15.4 Å². The topological polar surface area (TPSA) is 84.7 Å². The van der Waals surface area contributed by atoms with Crippen LogP contribution in [0.1, 0.15) is 67.8 Å². The Hall–Kier alpha value is -2.83. The molecule has 1 N–H and O–H groups in total. The largest absolute Gasteiger partial charge is 0.491 e. The highest BCUT2D eigenvalue weighted by atomic mass is 16.5. The summed E-state index contributed by atoms with van der Waals surface area (Å²) < 4.78 is 11.3. The quantitative estimate of drug-likeness (QED) is 0.759. The smallest absolute Gasteiger partial charge is 0.292 e. The molecule has 2 aliphatic heterocycles. The van der Waals surface area contributed by atoms with E-state index in [4.69, 9.17) is 9.26 Å². The second kappa shape index (κ2) is 10.4. The van der Waals surface area contributed by atoms with Gasteiger partial charge in [0.1, 0.15) is 12.4 Å².